The number of benzene rings is 1. The fourth-order valence-corrected chi connectivity index (χ4v) is 1.69. The van der Waals surface area contributed by atoms with Crippen molar-refractivity contribution in [1.29, 1.82) is 0 Å². The van der Waals surface area contributed by atoms with Crippen molar-refractivity contribution in [3.63, 3.8) is 0 Å². The van der Waals surface area contributed by atoms with Gasteiger partial charge in [0, 0.05) is 4.47 Å². The zero-order valence-electron chi connectivity index (χ0n) is 10.4. The highest BCUT2D eigenvalue weighted by Crippen LogP contribution is 2.24. The fraction of sp³-hybridized carbons (Fsp3) is 0.385. The number of hydrogen-bond acceptors (Lipinski definition) is 4. The number of ether oxygens (including phenoxy) is 2. The molecule has 0 N–H and O–H groups in total. The molecule has 0 spiro atoms. The molecule has 0 aliphatic heterocycles. The van der Waals surface area contributed by atoms with Gasteiger partial charge < -0.3 is 9.47 Å². The Morgan fingerprint density at radius 1 is 1.28 bits per heavy atom. The molecule has 18 heavy (non-hydrogen) atoms. The first-order valence-electron chi connectivity index (χ1n) is 5.74. The van der Waals surface area contributed by atoms with Gasteiger partial charge in [-0.05, 0) is 31.5 Å². The minimum Gasteiger partial charge on any atom is -0.493 e. The van der Waals surface area contributed by atoms with Crippen LogP contribution in [0.25, 0.3) is 0 Å². The Morgan fingerprint density at radius 3 is 2.61 bits per heavy atom. The van der Waals surface area contributed by atoms with E-state index in [9.17, 15) is 9.59 Å². The number of carbonyl (C=O) groups is 2. The Morgan fingerprint density at radius 2 is 2.00 bits per heavy atom. The summed E-state index contributed by atoms with van der Waals surface area (Å²) in [7, 11) is 0. The highest BCUT2D eigenvalue weighted by molar-refractivity contribution is 9.10. The maximum absolute atomic E-state index is 11.9. The van der Waals surface area contributed by atoms with E-state index in [1.54, 1.807) is 25.1 Å². The molecule has 0 saturated carbocycles. The summed E-state index contributed by atoms with van der Waals surface area (Å²) in [5, 5.41) is 0. The van der Waals surface area contributed by atoms with Gasteiger partial charge in [0.1, 0.15) is 5.75 Å². The molecule has 0 radical (unpaired) electrons. The summed E-state index contributed by atoms with van der Waals surface area (Å²) in [6, 6.07) is 4.98. The second-order valence-electron chi connectivity index (χ2n) is 3.54. The van der Waals surface area contributed by atoms with E-state index in [1.807, 2.05) is 6.92 Å². The highest BCUT2D eigenvalue weighted by atomic mass is 79.9. The second-order valence-corrected chi connectivity index (χ2v) is 4.45. The molecule has 0 bridgehead atoms. The third-order valence-electron chi connectivity index (χ3n) is 2.11. The first kappa shape index (κ1) is 14.7. The zero-order valence-corrected chi connectivity index (χ0v) is 12.0. The zero-order chi connectivity index (χ0) is 13.5. The van der Waals surface area contributed by atoms with Crippen LogP contribution < -0.4 is 4.74 Å². The Bertz CT molecular complexity index is 443. The molecule has 0 fully saturated rings. The lowest BCUT2D eigenvalue weighted by Crippen LogP contribution is -2.18. The molecule has 0 unspecified atom stereocenters. The van der Waals surface area contributed by atoms with Crippen LogP contribution in [0.3, 0.4) is 0 Å². The molecule has 4 nitrogen and oxygen atoms in total. The third-order valence-corrected chi connectivity index (χ3v) is 2.60. The summed E-state index contributed by atoms with van der Waals surface area (Å²) < 4.78 is 10.8. The predicted octanol–water partition coefficient (Wildman–Crippen LogP) is 2.98. The topological polar surface area (TPSA) is 52.6 Å². The molecule has 0 aliphatic carbocycles. The first-order valence-corrected chi connectivity index (χ1v) is 6.53. The Kier molecular flexibility index (Phi) is 5.85. The number of ketones is 1. The number of Topliss-reactive ketones (excluding diaryl/α,β-unsaturated/α-hetero) is 1. The molecular formula is C13H15BrO4. The molecule has 1 rings (SSSR count). The molecule has 1 aromatic carbocycles. The molecule has 0 amide bonds. The number of halogens is 1. The second kappa shape index (κ2) is 7.16. The summed E-state index contributed by atoms with van der Waals surface area (Å²) in [4.78, 5) is 23.3. The van der Waals surface area contributed by atoms with Crippen molar-refractivity contribution >= 4 is 27.7 Å². The number of carbonyl (C=O) groups excluding carboxylic acids is 2. The first-order chi connectivity index (χ1) is 8.60. The quantitative estimate of drug-likeness (QED) is 0.460. The lowest BCUT2D eigenvalue weighted by Gasteiger charge is -2.10. The number of rotatable bonds is 6. The van der Waals surface area contributed by atoms with Crippen LogP contribution in [0.1, 0.15) is 30.6 Å². The maximum Gasteiger partial charge on any atom is 0.379 e. The molecule has 0 aromatic heterocycles. The van der Waals surface area contributed by atoms with Crippen LogP contribution in [0.2, 0.25) is 0 Å². The molecular weight excluding hydrogens is 300 g/mol. The summed E-state index contributed by atoms with van der Waals surface area (Å²) in [6.45, 7) is 4.28. The molecule has 0 heterocycles. The maximum atomic E-state index is 11.9. The van der Waals surface area contributed by atoms with Gasteiger partial charge in [0.05, 0.1) is 18.8 Å². The van der Waals surface area contributed by atoms with Crippen LogP contribution >= 0.6 is 15.9 Å². The Labute approximate surface area is 114 Å². The summed E-state index contributed by atoms with van der Waals surface area (Å²) in [6.07, 6.45) is 0.823. The van der Waals surface area contributed by atoms with E-state index in [0.717, 1.165) is 6.42 Å². The average Bonchev–Trinajstić information content (AvgIpc) is 2.36. The van der Waals surface area contributed by atoms with Gasteiger partial charge in [-0.15, -0.1) is 0 Å². The molecule has 5 heteroatoms. The van der Waals surface area contributed by atoms with Crippen LogP contribution in [-0.2, 0) is 9.53 Å². The van der Waals surface area contributed by atoms with Gasteiger partial charge in [-0.1, -0.05) is 22.9 Å². The van der Waals surface area contributed by atoms with Crippen molar-refractivity contribution in [1.82, 2.24) is 0 Å². The van der Waals surface area contributed by atoms with E-state index in [0.29, 0.717) is 16.8 Å². The van der Waals surface area contributed by atoms with Crippen LogP contribution in [0.5, 0.6) is 5.75 Å². The van der Waals surface area contributed by atoms with Crippen molar-refractivity contribution in [2.45, 2.75) is 20.3 Å². The van der Waals surface area contributed by atoms with Crippen LogP contribution in [-0.4, -0.2) is 25.0 Å². The van der Waals surface area contributed by atoms with Crippen molar-refractivity contribution in [2.75, 3.05) is 13.2 Å². The van der Waals surface area contributed by atoms with E-state index in [2.05, 4.69) is 15.9 Å². The van der Waals surface area contributed by atoms with Gasteiger partial charge in [0.2, 0.25) is 0 Å². The largest absolute Gasteiger partial charge is 0.493 e. The monoisotopic (exact) mass is 314 g/mol. The fourth-order valence-electron chi connectivity index (χ4n) is 1.32. The SMILES string of the molecule is CCCOc1ccc(Br)cc1C(=O)C(=O)OCC. The summed E-state index contributed by atoms with van der Waals surface area (Å²) >= 11 is 3.26. The standard InChI is InChI=1S/C13H15BrO4/c1-3-7-18-11-6-5-9(14)8-10(11)12(15)13(16)17-4-2/h5-6,8H,3-4,7H2,1-2H3. The third kappa shape index (κ3) is 3.84. The molecule has 98 valence electrons. The van der Waals surface area contributed by atoms with Gasteiger partial charge in [-0.2, -0.15) is 0 Å². The van der Waals surface area contributed by atoms with Gasteiger partial charge in [-0.3, -0.25) is 4.79 Å². The molecule has 1 aromatic rings. The van der Waals surface area contributed by atoms with E-state index >= 15 is 0 Å². The number of hydrogen-bond donors (Lipinski definition) is 0. The van der Waals surface area contributed by atoms with Gasteiger partial charge in [0.15, 0.2) is 0 Å². The smallest absolute Gasteiger partial charge is 0.379 e. The molecule has 0 aliphatic rings. The van der Waals surface area contributed by atoms with Gasteiger partial charge in [-0.25, -0.2) is 4.79 Å². The Balaban J connectivity index is 3.00. The normalized spacial score (nSPS) is 9.94. The minimum atomic E-state index is -0.864. The van der Waals surface area contributed by atoms with E-state index < -0.39 is 11.8 Å². The summed E-state index contributed by atoms with van der Waals surface area (Å²) in [5.41, 5.74) is 0.219. The van der Waals surface area contributed by atoms with Crippen LogP contribution in [0, 0.1) is 0 Å². The van der Waals surface area contributed by atoms with Gasteiger partial charge in [0.25, 0.3) is 5.78 Å². The van der Waals surface area contributed by atoms with E-state index in [-0.39, 0.29) is 12.2 Å². The number of esters is 1. The van der Waals surface area contributed by atoms with Crippen molar-refractivity contribution < 1.29 is 19.1 Å². The predicted molar refractivity (Wildman–Crippen MR) is 70.9 cm³/mol. The Hall–Kier alpha value is -1.36. The molecule has 0 atom stereocenters. The van der Waals surface area contributed by atoms with Crippen molar-refractivity contribution in [2.24, 2.45) is 0 Å². The average molecular weight is 315 g/mol. The van der Waals surface area contributed by atoms with E-state index in [1.165, 1.54) is 0 Å². The lowest BCUT2D eigenvalue weighted by molar-refractivity contribution is -0.137. The summed E-state index contributed by atoms with van der Waals surface area (Å²) in [5.74, 6) is -1.15. The van der Waals surface area contributed by atoms with Crippen molar-refractivity contribution in [3.8, 4) is 5.75 Å². The minimum absolute atomic E-state index is 0.170. The van der Waals surface area contributed by atoms with Crippen LogP contribution in [0.15, 0.2) is 22.7 Å². The van der Waals surface area contributed by atoms with Crippen molar-refractivity contribution in [3.05, 3.63) is 28.2 Å². The highest BCUT2D eigenvalue weighted by Gasteiger charge is 2.22. The lowest BCUT2D eigenvalue weighted by atomic mass is 10.1. The van der Waals surface area contributed by atoms with E-state index in [4.69, 9.17) is 9.47 Å². The van der Waals surface area contributed by atoms with Gasteiger partial charge >= 0.3 is 5.97 Å². The van der Waals surface area contributed by atoms with Crippen LogP contribution in [0.4, 0.5) is 0 Å². The molecule has 0 saturated heterocycles.